The monoisotopic (exact) mass is 344 g/mol. The number of aryl methyl sites for hydroxylation is 1. The summed E-state index contributed by atoms with van der Waals surface area (Å²) in [7, 11) is 0. The van der Waals surface area contributed by atoms with Crippen LogP contribution in [-0.2, 0) is 6.42 Å². The molecule has 0 spiro atoms. The molecule has 0 aliphatic heterocycles. The van der Waals surface area contributed by atoms with Gasteiger partial charge in [-0.05, 0) is 0 Å². The number of rotatable bonds is 6. The first-order chi connectivity index (χ1) is 7.86. The maximum absolute atomic E-state index is 8.74. The molecular weight excluding hydrogens is 330 g/mol. The second-order valence-electron chi connectivity index (χ2n) is 3.26. The normalized spacial score (nSPS) is 11.4. The molecule has 0 saturated carbocycles. The Balaban J connectivity index is 2.38. The van der Waals surface area contributed by atoms with E-state index in [0.717, 1.165) is 18.2 Å². The van der Waals surface area contributed by atoms with Crippen LogP contribution in [0.3, 0.4) is 0 Å². The summed E-state index contributed by atoms with van der Waals surface area (Å²) in [4.78, 5) is 4.95. The van der Waals surface area contributed by atoms with Crippen LogP contribution >= 0.6 is 0 Å². The van der Waals surface area contributed by atoms with Gasteiger partial charge in [0.1, 0.15) is 0 Å². The molecule has 1 unspecified atom stereocenters. The van der Waals surface area contributed by atoms with E-state index in [-0.39, 0.29) is 29.9 Å². The number of hydrogen-bond donors (Lipinski definition) is 0. The Kier molecular flexibility index (Phi) is 6.98. The van der Waals surface area contributed by atoms with E-state index in [4.69, 9.17) is 10.5 Å². The molecule has 0 N–H and O–H groups in total. The van der Waals surface area contributed by atoms with Crippen LogP contribution < -0.4 is 0 Å². The Labute approximate surface area is 109 Å². The molecule has 0 bridgehead atoms. The van der Waals surface area contributed by atoms with Crippen LogP contribution in [0.4, 0.5) is 0 Å². The first-order valence-corrected chi connectivity index (χ1v) is 8.87. The molecule has 2 nitrogen and oxygen atoms in total. The van der Waals surface area contributed by atoms with Crippen LogP contribution in [0.25, 0.3) is 0 Å². The first-order valence-electron chi connectivity index (χ1n) is 4.96. The summed E-state index contributed by atoms with van der Waals surface area (Å²) in [6.07, 6.45) is 2.07. The second-order valence-corrected chi connectivity index (χ2v) is 7.22. The van der Waals surface area contributed by atoms with Crippen molar-refractivity contribution >= 4 is 29.9 Å². The zero-order valence-corrected chi connectivity index (χ0v) is 12.2. The SMILES string of the molecule is N#C[Se]CC(CCc1ccccc1)[Se]C#N. The van der Waals surface area contributed by atoms with Crippen molar-refractivity contribution in [3.05, 3.63) is 35.9 Å². The Bertz CT molecular complexity index is 378. The molecule has 0 radical (unpaired) electrons. The number of nitrogens with zero attached hydrogens (tertiary/aromatic N) is 2. The average Bonchev–Trinajstić information content (AvgIpc) is 2.34. The summed E-state index contributed by atoms with van der Waals surface area (Å²) in [6, 6.07) is 10.3. The van der Waals surface area contributed by atoms with E-state index in [1.807, 2.05) is 18.2 Å². The minimum absolute atomic E-state index is 0.0351. The van der Waals surface area contributed by atoms with Gasteiger partial charge in [0.25, 0.3) is 0 Å². The zero-order chi connectivity index (χ0) is 11.6. The van der Waals surface area contributed by atoms with Gasteiger partial charge in [-0.3, -0.25) is 0 Å². The summed E-state index contributed by atoms with van der Waals surface area (Å²) in [6.45, 7) is 0. The summed E-state index contributed by atoms with van der Waals surface area (Å²) >= 11 is 0.0906. The minimum atomic E-state index is 0.0351. The van der Waals surface area contributed by atoms with Crippen LogP contribution in [0.15, 0.2) is 30.3 Å². The van der Waals surface area contributed by atoms with Crippen LogP contribution in [0.2, 0.25) is 10.1 Å². The quantitative estimate of drug-likeness (QED) is 0.744. The number of benzene rings is 1. The standard InChI is InChI=1S/C12H12N2Se2/c13-9-15-8-12(16-10-14)7-6-11-4-2-1-3-5-11/h1-5,12H,6-8H2. The Morgan fingerprint density at radius 3 is 2.50 bits per heavy atom. The van der Waals surface area contributed by atoms with Gasteiger partial charge in [0, 0.05) is 0 Å². The van der Waals surface area contributed by atoms with Gasteiger partial charge in [-0.2, -0.15) is 0 Å². The molecule has 0 fully saturated rings. The van der Waals surface area contributed by atoms with Crippen molar-refractivity contribution in [2.45, 2.75) is 23.0 Å². The summed E-state index contributed by atoms with van der Waals surface area (Å²) in [5.74, 6) is 0. The molecule has 0 aromatic heterocycles. The van der Waals surface area contributed by atoms with E-state index in [2.05, 4.69) is 22.1 Å². The fourth-order valence-electron chi connectivity index (χ4n) is 1.35. The van der Waals surface area contributed by atoms with Crippen molar-refractivity contribution in [2.24, 2.45) is 0 Å². The summed E-state index contributed by atoms with van der Waals surface area (Å²) in [5, 5.41) is 18.2. The third-order valence-electron chi connectivity index (χ3n) is 2.15. The molecule has 1 aromatic rings. The Morgan fingerprint density at radius 2 is 1.88 bits per heavy atom. The summed E-state index contributed by atoms with van der Waals surface area (Å²) in [5.41, 5.74) is 1.32. The van der Waals surface area contributed by atoms with Crippen molar-refractivity contribution < 1.29 is 0 Å². The van der Waals surface area contributed by atoms with Gasteiger partial charge < -0.3 is 0 Å². The molecule has 82 valence electrons. The molecule has 1 aromatic carbocycles. The average molecular weight is 342 g/mol. The van der Waals surface area contributed by atoms with Gasteiger partial charge in [-0.15, -0.1) is 0 Å². The van der Waals surface area contributed by atoms with Gasteiger partial charge in [-0.25, -0.2) is 0 Å². The third-order valence-corrected chi connectivity index (χ3v) is 6.45. The molecule has 0 aliphatic carbocycles. The van der Waals surface area contributed by atoms with Crippen molar-refractivity contribution in [3.63, 3.8) is 0 Å². The first kappa shape index (κ1) is 13.3. The molecule has 0 saturated heterocycles. The van der Waals surface area contributed by atoms with Crippen molar-refractivity contribution in [1.82, 2.24) is 0 Å². The second kappa shape index (κ2) is 8.40. The maximum atomic E-state index is 8.74. The Hall–Kier alpha value is -0.761. The Morgan fingerprint density at radius 1 is 1.12 bits per heavy atom. The third kappa shape index (κ3) is 5.36. The predicted octanol–water partition coefficient (Wildman–Crippen LogP) is 2.20. The van der Waals surface area contributed by atoms with E-state index in [9.17, 15) is 0 Å². The van der Waals surface area contributed by atoms with Crippen LogP contribution in [0.5, 0.6) is 0 Å². The molecule has 1 rings (SSSR count). The molecule has 4 heteroatoms. The number of nitriles is 2. The van der Waals surface area contributed by atoms with Gasteiger partial charge in [0.05, 0.1) is 0 Å². The van der Waals surface area contributed by atoms with Crippen molar-refractivity contribution in [2.75, 3.05) is 0 Å². The van der Waals surface area contributed by atoms with Crippen LogP contribution in [0.1, 0.15) is 12.0 Å². The van der Waals surface area contributed by atoms with Crippen LogP contribution in [-0.4, -0.2) is 29.9 Å². The van der Waals surface area contributed by atoms with Crippen LogP contribution in [0, 0.1) is 20.5 Å². The number of hydrogen-bond acceptors (Lipinski definition) is 2. The van der Waals surface area contributed by atoms with E-state index in [0.29, 0.717) is 4.82 Å². The van der Waals surface area contributed by atoms with E-state index in [1.165, 1.54) is 5.56 Å². The molecule has 16 heavy (non-hydrogen) atoms. The van der Waals surface area contributed by atoms with E-state index < -0.39 is 0 Å². The van der Waals surface area contributed by atoms with Crippen molar-refractivity contribution in [1.29, 1.82) is 10.5 Å². The van der Waals surface area contributed by atoms with Gasteiger partial charge in [0.2, 0.25) is 0 Å². The van der Waals surface area contributed by atoms with Gasteiger partial charge >= 0.3 is 109 Å². The molecule has 1 atom stereocenters. The van der Waals surface area contributed by atoms with Crippen molar-refractivity contribution in [3.8, 4) is 9.94 Å². The zero-order valence-electron chi connectivity index (χ0n) is 8.80. The van der Waals surface area contributed by atoms with Gasteiger partial charge in [0.15, 0.2) is 0 Å². The molecule has 0 amide bonds. The predicted molar refractivity (Wildman–Crippen MR) is 66.1 cm³/mol. The molecule has 0 heterocycles. The summed E-state index contributed by atoms with van der Waals surface area (Å²) < 4.78 is 0. The molecular formula is C12H12N2Se2. The fraction of sp³-hybridized carbons (Fsp3) is 0.333. The topological polar surface area (TPSA) is 47.6 Å². The fourth-order valence-corrected chi connectivity index (χ4v) is 4.68. The van der Waals surface area contributed by atoms with E-state index in [1.54, 1.807) is 0 Å². The molecule has 0 aliphatic rings. The van der Waals surface area contributed by atoms with E-state index >= 15 is 0 Å². The van der Waals surface area contributed by atoms with Gasteiger partial charge in [-0.1, -0.05) is 0 Å².